The summed E-state index contributed by atoms with van der Waals surface area (Å²) in [6.07, 6.45) is 7.62. The lowest BCUT2D eigenvalue weighted by Gasteiger charge is -2.50. The quantitative estimate of drug-likeness (QED) is 0.755. The molecule has 4 rings (SSSR count). The van der Waals surface area contributed by atoms with E-state index in [4.69, 9.17) is 17.0 Å². The molecule has 1 aromatic carbocycles. The van der Waals surface area contributed by atoms with E-state index in [0.717, 1.165) is 55.1 Å². The fourth-order valence-electron chi connectivity index (χ4n) is 4.53. The molecule has 1 aliphatic carbocycles. The average Bonchev–Trinajstić information content (AvgIpc) is 3.48. The molecule has 2 heterocycles. The van der Waals surface area contributed by atoms with Gasteiger partial charge in [-0.15, -0.1) is 0 Å². The number of nitrogens with zero attached hydrogens (tertiary/aromatic N) is 1. The molecule has 3 fully saturated rings. The van der Waals surface area contributed by atoms with Crippen molar-refractivity contribution < 1.29 is 9.53 Å². The summed E-state index contributed by atoms with van der Waals surface area (Å²) < 4.78 is 5.72. The van der Waals surface area contributed by atoms with E-state index in [9.17, 15) is 4.79 Å². The van der Waals surface area contributed by atoms with Crippen LogP contribution in [0.5, 0.6) is 5.75 Å². The van der Waals surface area contributed by atoms with Crippen molar-refractivity contribution in [2.75, 3.05) is 11.9 Å². The Balaban J connectivity index is 1.42. The minimum atomic E-state index is 0.262. The molecule has 2 N–H and O–H groups in total. The number of hydrogen-bond acceptors (Lipinski definition) is 3. The van der Waals surface area contributed by atoms with Gasteiger partial charge in [0.15, 0.2) is 5.11 Å². The van der Waals surface area contributed by atoms with Crippen molar-refractivity contribution in [1.82, 2.24) is 10.2 Å². The van der Waals surface area contributed by atoms with Crippen molar-refractivity contribution in [3.63, 3.8) is 0 Å². The number of thiocarbonyl (C=S) groups is 1. The number of nitrogens with one attached hydrogen (secondary N) is 2. The third-order valence-corrected chi connectivity index (χ3v) is 6.25. The van der Waals surface area contributed by atoms with Gasteiger partial charge in [-0.2, -0.15) is 0 Å². The van der Waals surface area contributed by atoms with E-state index in [1.165, 1.54) is 6.42 Å². The van der Waals surface area contributed by atoms with E-state index in [1.807, 2.05) is 31.2 Å². The molecule has 2 saturated heterocycles. The maximum atomic E-state index is 12.2. The highest BCUT2D eigenvalue weighted by Crippen LogP contribution is 2.36. The van der Waals surface area contributed by atoms with Gasteiger partial charge in [-0.1, -0.05) is 12.1 Å². The number of rotatable bonds is 5. The first-order valence-corrected chi connectivity index (χ1v) is 10.7. The van der Waals surface area contributed by atoms with E-state index < -0.39 is 0 Å². The van der Waals surface area contributed by atoms with Crippen LogP contribution < -0.4 is 15.4 Å². The second-order valence-electron chi connectivity index (χ2n) is 7.96. The van der Waals surface area contributed by atoms with Crippen molar-refractivity contribution in [3.8, 4) is 5.75 Å². The first kappa shape index (κ1) is 18.5. The second-order valence-corrected chi connectivity index (χ2v) is 8.34. The Bertz CT molecular complexity index is 692. The predicted molar refractivity (Wildman–Crippen MR) is 111 cm³/mol. The minimum absolute atomic E-state index is 0.262. The number of para-hydroxylation sites is 2. The largest absolute Gasteiger partial charge is 0.492 e. The Morgan fingerprint density at radius 2 is 1.89 bits per heavy atom. The molecule has 2 unspecified atom stereocenters. The van der Waals surface area contributed by atoms with Crippen molar-refractivity contribution in [2.45, 2.75) is 70.0 Å². The molecule has 6 heteroatoms. The number of ether oxygens (including phenoxy) is 1. The number of carbonyl (C=O) groups is 1. The van der Waals surface area contributed by atoms with Crippen LogP contribution in [-0.2, 0) is 4.79 Å². The van der Waals surface area contributed by atoms with Crippen LogP contribution in [0.15, 0.2) is 24.3 Å². The Hall–Kier alpha value is -1.82. The number of piperidine rings is 2. The Morgan fingerprint density at radius 3 is 2.56 bits per heavy atom. The fraction of sp³-hybridized carbons (Fsp3) is 0.619. The second kappa shape index (κ2) is 8.05. The van der Waals surface area contributed by atoms with Gasteiger partial charge in [0.25, 0.3) is 0 Å². The minimum Gasteiger partial charge on any atom is -0.492 e. The molecule has 0 spiro atoms. The lowest BCUT2D eigenvalue weighted by Crippen LogP contribution is -2.59. The highest BCUT2D eigenvalue weighted by atomic mass is 32.1. The van der Waals surface area contributed by atoms with Gasteiger partial charge in [-0.25, -0.2) is 0 Å². The molecule has 1 saturated carbocycles. The van der Waals surface area contributed by atoms with E-state index in [2.05, 4.69) is 15.5 Å². The molecule has 2 atom stereocenters. The van der Waals surface area contributed by atoms with E-state index in [0.29, 0.717) is 24.7 Å². The summed E-state index contributed by atoms with van der Waals surface area (Å²) in [7, 11) is 0. The number of benzene rings is 1. The van der Waals surface area contributed by atoms with Gasteiger partial charge in [-0.3, -0.25) is 4.79 Å². The third kappa shape index (κ3) is 4.21. The van der Waals surface area contributed by atoms with Gasteiger partial charge in [0, 0.05) is 24.0 Å². The third-order valence-electron chi connectivity index (χ3n) is 5.93. The molecule has 3 aliphatic rings. The van der Waals surface area contributed by atoms with Crippen LogP contribution in [0.3, 0.4) is 0 Å². The van der Waals surface area contributed by atoms with Gasteiger partial charge in [0.1, 0.15) is 5.75 Å². The van der Waals surface area contributed by atoms with Crippen molar-refractivity contribution in [3.05, 3.63) is 24.3 Å². The van der Waals surface area contributed by atoms with Crippen molar-refractivity contribution >= 4 is 28.9 Å². The fourth-order valence-corrected chi connectivity index (χ4v) is 4.93. The topological polar surface area (TPSA) is 53.6 Å². The van der Waals surface area contributed by atoms with Gasteiger partial charge >= 0.3 is 0 Å². The summed E-state index contributed by atoms with van der Waals surface area (Å²) in [5.74, 6) is 1.37. The smallest absolute Gasteiger partial charge is 0.223 e. The zero-order valence-corrected chi connectivity index (χ0v) is 16.8. The van der Waals surface area contributed by atoms with Gasteiger partial charge in [0.2, 0.25) is 5.91 Å². The predicted octanol–water partition coefficient (Wildman–Crippen LogP) is 3.69. The zero-order valence-electron chi connectivity index (χ0n) is 15.9. The lowest BCUT2D eigenvalue weighted by atomic mass is 9.82. The van der Waals surface area contributed by atoms with E-state index in [1.54, 1.807) is 0 Å². The van der Waals surface area contributed by atoms with Crippen LogP contribution in [0.25, 0.3) is 0 Å². The highest BCUT2D eigenvalue weighted by molar-refractivity contribution is 7.80. The SMILES string of the molecule is CCOc1ccccc1NC(=S)N1C2CCCC1CC(NC(=O)C1CC1)C2. The Labute approximate surface area is 166 Å². The number of hydrogen-bond donors (Lipinski definition) is 2. The first-order chi connectivity index (χ1) is 13.2. The molecule has 146 valence electrons. The monoisotopic (exact) mass is 387 g/mol. The number of fused-ring (bicyclic) bond motifs is 2. The molecule has 2 bridgehead atoms. The van der Waals surface area contributed by atoms with E-state index >= 15 is 0 Å². The highest BCUT2D eigenvalue weighted by Gasteiger charge is 2.41. The molecule has 2 aliphatic heterocycles. The van der Waals surface area contributed by atoms with Gasteiger partial charge in [-0.05, 0) is 76.2 Å². The molecular formula is C21H29N3O2S. The number of carbonyl (C=O) groups excluding carboxylic acids is 1. The summed E-state index contributed by atoms with van der Waals surface area (Å²) >= 11 is 5.80. The normalized spacial score (nSPS) is 27.0. The molecule has 0 radical (unpaired) electrons. The van der Waals surface area contributed by atoms with Crippen LogP contribution in [0.4, 0.5) is 5.69 Å². The van der Waals surface area contributed by atoms with Gasteiger partial charge < -0.3 is 20.3 Å². The maximum absolute atomic E-state index is 12.2. The summed E-state index contributed by atoms with van der Waals surface area (Å²) in [5.41, 5.74) is 0.923. The number of amides is 1. The zero-order chi connectivity index (χ0) is 18.8. The Morgan fingerprint density at radius 1 is 1.19 bits per heavy atom. The molecule has 1 amide bonds. The molecule has 0 aromatic heterocycles. The summed E-state index contributed by atoms with van der Waals surface area (Å²) in [5, 5.41) is 7.50. The van der Waals surface area contributed by atoms with E-state index in [-0.39, 0.29) is 11.8 Å². The van der Waals surface area contributed by atoms with Crippen molar-refractivity contribution in [2.24, 2.45) is 5.92 Å². The van der Waals surface area contributed by atoms with Crippen LogP contribution in [0.2, 0.25) is 0 Å². The number of anilines is 1. The summed E-state index contributed by atoms with van der Waals surface area (Å²) in [4.78, 5) is 14.6. The molecule has 5 nitrogen and oxygen atoms in total. The van der Waals surface area contributed by atoms with Crippen molar-refractivity contribution in [1.29, 1.82) is 0 Å². The molecular weight excluding hydrogens is 358 g/mol. The van der Waals surface area contributed by atoms with Gasteiger partial charge in [0.05, 0.1) is 12.3 Å². The van der Waals surface area contributed by atoms with Crippen LogP contribution >= 0.6 is 12.2 Å². The average molecular weight is 388 g/mol. The lowest BCUT2D eigenvalue weighted by molar-refractivity contribution is -0.123. The molecule has 27 heavy (non-hydrogen) atoms. The maximum Gasteiger partial charge on any atom is 0.223 e. The summed E-state index contributed by atoms with van der Waals surface area (Å²) in [6, 6.07) is 9.05. The van der Waals surface area contributed by atoms with Crippen LogP contribution in [0, 0.1) is 5.92 Å². The standard InChI is InChI=1S/C21H29N3O2S/c1-2-26-19-9-4-3-8-18(19)23-21(27)24-16-6-5-7-17(24)13-15(12-16)22-20(25)14-10-11-14/h3-4,8-9,14-17H,2,5-7,10-13H2,1H3,(H,22,25)(H,23,27). The van der Waals surface area contributed by atoms with Crippen LogP contribution in [0.1, 0.15) is 51.9 Å². The summed E-state index contributed by atoms with van der Waals surface area (Å²) in [6.45, 7) is 2.61. The molecule has 1 aromatic rings. The first-order valence-electron chi connectivity index (χ1n) is 10.3. The Kier molecular flexibility index (Phi) is 5.53. The van der Waals surface area contributed by atoms with Crippen LogP contribution in [-0.4, -0.2) is 40.7 Å².